The molecule has 21 heteroatoms. The van der Waals surface area contributed by atoms with Gasteiger partial charge in [-0.15, -0.1) is 0 Å². The fourth-order valence-corrected chi connectivity index (χ4v) is 11.1. The molecule has 72 heavy (non-hydrogen) atoms. The number of carbonyl (C=O) groups excluding carboxylic acids is 6. The minimum Gasteiger partial charge on any atom is -0.395 e. The molecule has 0 bridgehead atoms. The molecule has 1 aliphatic heterocycles. The van der Waals surface area contributed by atoms with Crippen molar-refractivity contribution in [1.29, 1.82) is 0 Å². The predicted octanol–water partition coefficient (Wildman–Crippen LogP) is 5.55. The van der Waals surface area contributed by atoms with Gasteiger partial charge in [0.1, 0.15) is 17.5 Å². The molecule has 9 atom stereocenters. The molecule has 0 radical (unpaired) electrons. The van der Waals surface area contributed by atoms with Crippen molar-refractivity contribution in [2.24, 2.45) is 29.6 Å². The van der Waals surface area contributed by atoms with Gasteiger partial charge in [-0.2, -0.15) is 0 Å². The summed E-state index contributed by atoms with van der Waals surface area (Å²) in [7, 11) is 4.37. The zero-order valence-electron chi connectivity index (χ0n) is 43.8. The Kier molecular flexibility index (Phi) is 21.7. The number of methoxy groups -OCH3 is 2. The molecule has 4 rings (SSSR count). The molecular formula is C51H76N6O14S. The summed E-state index contributed by atoms with van der Waals surface area (Å²) in [4.78, 5) is 98.5. The molecule has 2 aromatic rings. The maximum Gasteiger partial charge on any atom is 0.519 e. The number of likely N-dealkylation sites (tertiary alicyclic amines) is 1. The van der Waals surface area contributed by atoms with Crippen LogP contribution in [0.2, 0.25) is 0 Å². The van der Waals surface area contributed by atoms with Crippen molar-refractivity contribution in [2.45, 2.75) is 141 Å². The first-order valence-electron chi connectivity index (χ1n) is 24.7. The molecule has 1 aliphatic carbocycles. The van der Waals surface area contributed by atoms with Crippen LogP contribution in [0.3, 0.4) is 0 Å². The molecule has 1 heterocycles. The Morgan fingerprint density at radius 1 is 0.819 bits per heavy atom. The van der Waals surface area contributed by atoms with Crippen molar-refractivity contribution < 1.29 is 61.1 Å². The summed E-state index contributed by atoms with van der Waals surface area (Å²) >= 11 is 0. The van der Waals surface area contributed by atoms with E-state index >= 15 is 0 Å². The van der Waals surface area contributed by atoms with Crippen molar-refractivity contribution in [2.75, 3.05) is 41.9 Å². The van der Waals surface area contributed by atoms with Gasteiger partial charge < -0.3 is 34.1 Å². The maximum absolute atomic E-state index is 14.5. The molecule has 4 amide bonds. The van der Waals surface area contributed by atoms with E-state index in [1.165, 1.54) is 62.8 Å². The van der Waals surface area contributed by atoms with Crippen molar-refractivity contribution in [3.05, 3.63) is 64.2 Å². The van der Waals surface area contributed by atoms with Gasteiger partial charge in [0.05, 0.1) is 52.8 Å². The van der Waals surface area contributed by atoms with Crippen molar-refractivity contribution in [1.82, 2.24) is 24.7 Å². The van der Waals surface area contributed by atoms with Crippen LogP contribution in [0.5, 0.6) is 11.5 Å². The number of nitro groups is 1. The van der Waals surface area contributed by atoms with E-state index in [9.17, 15) is 47.3 Å². The van der Waals surface area contributed by atoms with Crippen molar-refractivity contribution >= 4 is 51.3 Å². The normalized spacial score (nSPS) is 18.3. The quantitative estimate of drug-likeness (QED) is 0.0482. The highest BCUT2D eigenvalue weighted by molar-refractivity contribution is 7.90. The van der Waals surface area contributed by atoms with Crippen LogP contribution in [0, 0.1) is 39.7 Å². The fourth-order valence-electron chi connectivity index (χ4n) is 9.73. The number of sulfonamides is 1. The summed E-state index contributed by atoms with van der Waals surface area (Å²) in [5.74, 6) is -3.70. The number of hydrogen-bond acceptors (Lipinski definition) is 15. The van der Waals surface area contributed by atoms with Gasteiger partial charge in [-0.3, -0.25) is 43.7 Å². The number of carbonyl (C=O) groups is 6. The summed E-state index contributed by atoms with van der Waals surface area (Å²) in [6.45, 7) is 13.8. The molecule has 1 saturated heterocycles. The van der Waals surface area contributed by atoms with Gasteiger partial charge in [0.25, 0.3) is 11.6 Å². The summed E-state index contributed by atoms with van der Waals surface area (Å²) in [6.07, 6.45) is -0.284. The summed E-state index contributed by atoms with van der Waals surface area (Å²) in [5.41, 5.74) is 0.272. The second kappa shape index (κ2) is 26.4. The minimum atomic E-state index is -4.01. The largest absolute Gasteiger partial charge is 0.519 e. The highest BCUT2D eigenvalue weighted by atomic mass is 32.2. The van der Waals surface area contributed by atoms with Crippen LogP contribution >= 0.6 is 0 Å². The van der Waals surface area contributed by atoms with E-state index in [0.29, 0.717) is 44.2 Å². The van der Waals surface area contributed by atoms with Crippen LogP contribution in [0.1, 0.15) is 99.0 Å². The van der Waals surface area contributed by atoms with E-state index in [0.717, 1.165) is 0 Å². The Labute approximate surface area is 424 Å². The standard InChI is InChI=1S/C51H76N6O14S/c1-13-32(6)46(55(10)50(62)39(30(2)3)28-42(58)45(31(4)5)54(8)9)43(68-11)29-44(59)56-26-14-15-41(56)47(69-12)33(7)48(60)52-40(49(61)53-72(66,67)38-24-25-38)27-34-16-20-36(21-17-34)70-51(63)71-37-22-18-35(19-23-37)57(64)65/h16-23,30-33,38-41,43,45-47H,13-15,24-29H2,1-12H3,(H,52,60)(H,53,61)/t32-,33+,39-,40-,41-,43+,45-,46-,47+/m0/s1. The third-order valence-corrected chi connectivity index (χ3v) is 15.8. The first-order chi connectivity index (χ1) is 33.8. The Balaban J connectivity index is 1.49. The summed E-state index contributed by atoms with van der Waals surface area (Å²) in [6, 6.07) is 7.85. The van der Waals surface area contributed by atoms with E-state index in [-0.39, 0.29) is 77.8 Å². The van der Waals surface area contributed by atoms with E-state index in [4.69, 9.17) is 18.9 Å². The molecule has 1 saturated carbocycles. The number of likely N-dealkylation sites (N-methyl/N-ethyl adjacent to an activating group) is 2. The van der Waals surface area contributed by atoms with E-state index in [1.54, 1.807) is 23.8 Å². The highest BCUT2D eigenvalue weighted by Crippen LogP contribution is 2.32. The van der Waals surface area contributed by atoms with Crippen LogP contribution in [-0.4, -0.2) is 147 Å². The zero-order chi connectivity index (χ0) is 53.8. The number of hydrogen-bond donors (Lipinski definition) is 2. The van der Waals surface area contributed by atoms with Crippen molar-refractivity contribution in [3.63, 3.8) is 0 Å². The number of nitrogens with one attached hydrogen (secondary N) is 2. The van der Waals surface area contributed by atoms with Gasteiger partial charge in [0.2, 0.25) is 27.7 Å². The van der Waals surface area contributed by atoms with Gasteiger partial charge in [0, 0.05) is 58.7 Å². The number of nitro benzene ring substituents is 1. The number of non-ortho nitro benzene ring substituents is 1. The van der Waals surface area contributed by atoms with Crippen LogP contribution in [0.15, 0.2) is 48.5 Å². The number of rotatable bonds is 27. The lowest BCUT2D eigenvalue weighted by atomic mass is 9.83. The number of amides is 4. The molecule has 400 valence electrons. The number of ether oxygens (including phenoxy) is 4. The lowest BCUT2D eigenvalue weighted by molar-refractivity contribution is -0.384. The molecule has 0 spiro atoms. The van der Waals surface area contributed by atoms with E-state index in [1.807, 2.05) is 60.5 Å². The number of benzene rings is 2. The Bertz CT molecular complexity index is 2300. The monoisotopic (exact) mass is 1030 g/mol. The van der Waals surface area contributed by atoms with Crippen LogP contribution in [0.25, 0.3) is 0 Å². The van der Waals surface area contributed by atoms with E-state index in [2.05, 4.69) is 10.0 Å². The third-order valence-electron chi connectivity index (χ3n) is 14.0. The maximum atomic E-state index is 14.5. The number of ketones is 1. The summed E-state index contributed by atoms with van der Waals surface area (Å²) in [5, 5.41) is 13.0. The minimum absolute atomic E-state index is 0.00537. The molecule has 2 aromatic carbocycles. The molecule has 2 aliphatic rings. The van der Waals surface area contributed by atoms with Crippen LogP contribution in [-0.2, 0) is 49.9 Å². The highest BCUT2D eigenvalue weighted by Gasteiger charge is 2.44. The van der Waals surface area contributed by atoms with Gasteiger partial charge in [0.15, 0.2) is 5.78 Å². The Morgan fingerprint density at radius 3 is 1.89 bits per heavy atom. The van der Waals surface area contributed by atoms with Crippen LogP contribution in [0.4, 0.5) is 10.5 Å². The topological polar surface area (TPSA) is 250 Å². The van der Waals surface area contributed by atoms with Gasteiger partial charge in [-0.1, -0.05) is 67.0 Å². The zero-order valence-corrected chi connectivity index (χ0v) is 44.6. The molecule has 2 N–H and O–H groups in total. The van der Waals surface area contributed by atoms with Gasteiger partial charge in [-0.25, -0.2) is 13.2 Å². The Hall–Kier alpha value is -5.51. The fraction of sp³-hybridized carbons (Fsp3) is 0.647. The van der Waals surface area contributed by atoms with Gasteiger partial charge >= 0.3 is 6.16 Å². The molecule has 0 unspecified atom stereocenters. The first kappa shape index (κ1) is 59.1. The van der Waals surface area contributed by atoms with Crippen molar-refractivity contribution in [3.8, 4) is 11.5 Å². The predicted molar refractivity (Wildman–Crippen MR) is 268 cm³/mol. The van der Waals surface area contributed by atoms with E-state index < -0.39 is 80.3 Å². The SMILES string of the molecule is CC[C@H](C)[C@@H]([C@@H](CC(=O)N1CCC[C@H]1[C@H](OC)[C@@H](C)C(=O)N[C@@H](Cc1ccc(OC(=O)Oc2ccc([N+](=O)[O-])cc2)cc1)C(=O)NS(=O)(=O)C1CC1)OC)N(C)C(=O)[C@@H](CC(=O)[C@H](C(C)C)N(C)C)C(C)C. The Morgan fingerprint density at radius 2 is 1.40 bits per heavy atom. The second-order valence-corrected chi connectivity index (χ2v) is 22.0. The molecule has 0 aromatic heterocycles. The average Bonchev–Trinajstić information content (AvgIpc) is 4.08. The smallest absolute Gasteiger partial charge is 0.395 e. The summed E-state index contributed by atoms with van der Waals surface area (Å²) < 4.78 is 50.3. The molecule has 2 fully saturated rings. The second-order valence-electron chi connectivity index (χ2n) is 20.1. The third kappa shape index (κ3) is 15.7. The van der Waals surface area contributed by atoms with Crippen LogP contribution < -0.4 is 19.5 Å². The molecular weight excluding hydrogens is 953 g/mol. The lowest BCUT2D eigenvalue weighted by Crippen LogP contribution is -2.55. The number of Topliss-reactive ketones (excluding diaryl/α,β-unsaturated/α-hetero) is 1. The lowest BCUT2D eigenvalue weighted by Gasteiger charge is -2.41. The average molecular weight is 1030 g/mol. The van der Waals surface area contributed by atoms with Gasteiger partial charge in [-0.05, 0) is 87.4 Å². The first-order valence-corrected chi connectivity index (χ1v) is 26.3. The molecule has 20 nitrogen and oxygen atoms in total. The number of nitrogens with zero attached hydrogens (tertiary/aromatic N) is 4.